The number of aliphatic carboxylic acids is 1. The molecule has 1 saturated heterocycles. The van der Waals surface area contributed by atoms with E-state index >= 15 is 0 Å². The van der Waals surface area contributed by atoms with Gasteiger partial charge in [0.1, 0.15) is 6.04 Å². The van der Waals surface area contributed by atoms with Gasteiger partial charge in [-0.3, -0.25) is 4.79 Å². The maximum atomic E-state index is 12.3. The van der Waals surface area contributed by atoms with E-state index in [4.69, 9.17) is 0 Å². The SMILES string of the molecule is CCNS(=O)(=O)N1C(C(=O)O)CCC2CCCCC21. The highest BCUT2D eigenvalue weighted by Crippen LogP contribution is 2.39. The molecule has 1 saturated carbocycles. The quantitative estimate of drug-likeness (QED) is 0.807. The third-order valence-electron chi connectivity index (χ3n) is 4.20. The van der Waals surface area contributed by atoms with E-state index in [2.05, 4.69) is 4.72 Å². The number of carboxylic acids is 1. The third kappa shape index (κ3) is 2.93. The standard InChI is InChI=1S/C12H22N2O4S/c1-2-13-19(17,18)14-10-6-4-3-5-9(10)7-8-11(14)12(15)16/h9-11,13H,2-8H2,1H3,(H,15,16). The first-order valence-corrected chi connectivity index (χ1v) is 8.42. The van der Waals surface area contributed by atoms with Gasteiger partial charge in [-0.2, -0.15) is 12.7 Å². The second-order valence-corrected chi connectivity index (χ2v) is 7.04. The van der Waals surface area contributed by atoms with Crippen molar-refractivity contribution in [2.75, 3.05) is 6.54 Å². The fraction of sp³-hybridized carbons (Fsp3) is 0.917. The zero-order chi connectivity index (χ0) is 14.0. The van der Waals surface area contributed by atoms with E-state index in [-0.39, 0.29) is 12.6 Å². The molecular formula is C12H22N2O4S. The van der Waals surface area contributed by atoms with Gasteiger partial charge in [0.2, 0.25) is 0 Å². The first-order chi connectivity index (χ1) is 8.97. The van der Waals surface area contributed by atoms with Crippen LogP contribution in [-0.2, 0) is 15.0 Å². The monoisotopic (exact) mass is 290 g/mol. The average molecular weight is 290 g/mol. The molecule has 2 aliphatic rings. The van der Waals surface area contributed by atoms with Crippen LogP contribution in [-0.4, -0.2) is 42.4 Å². The Morgan fingerprint density at radius 3 is 2.58 bits per heavy atom. The minimum absolute atomic E-state index is 0.146. The lowest BCUT2D eigenvalue weighted by Gasteiger charge is -2.45. The third-order valence-corrected chi connectivity index (χ3v) is 5.94. The Labute approximate surface area is 114 Å². The fourth-order valence-electron chi connectivity index (χ4n) is 3.43. The maximum Gasteiger partial charge on any atom is 0.322 e. The summed E-state index contributed by atoms with van der Waals surface area (Å²) < 4.78 is 28.3. The smallest absolute Gasteiger partial charge is 0.322 e. The molecule has 2 N–H and O–H groups in total. The highest BCUT2D eigenvalue weighted by molar-refractivity contribution is 7.87. The number of rotatable bonds is 4. The maximum absolute atomic E-state index is 12.3. The van der Waals surface area contributed by atoms with E-state index in [0.717, 1.165) is 32.1 Å². The molecule has 110 valence electrons. The molecule has 0 aromatic heterocycles. The van der Waals surface area contributed by atoms with E-state index in [9.17, 15) is 18.3 Å². The van der Waals surface area contributed by atoms with Crippen LogP contribution in [0.5, 0.6) is 0 Å². The minimum atomic E-state index is -3.70. The highest BCUT2D eigenvalue weighted by Gasteiger charge is 2.46. The molecule has 0 bridgehead atoms. The van der Waals surface area contributed by atoms with Crippen molar-refractivity contribution >= 4 is 16.2 Å². The summed E-state index contributed by atoms with van der Waals surface area (Å²) in [6.45, 7) is 1.98. The van der Waals surface area contributed by atoms with Crippen LogP contribution in [0.2, 0.25) is 0 Å². The van der Waals surface area contributed by atoms with Crippen molar-refractivity contribution in [1.29, 1.82) is 0 Å². The average Bonchev–Trinajstić information content (AvgIpc) is 2.37. The van der Waals surface area contributed by atoms with E-state index in [0.29, 0.717) is 12.3 Å². The van der Waals surface area contributed by atoms with Gasteiger partial charge in [0.25, 0.3) is 10.2 Å². The molecule has 0 aromatic rings. The lowest BCUT2D eigenvalue weighted by atomic mass is 9.78. The summed E-state index contributed by atoms with van der Waals surface area (Å²) in [7, 11) is -3.70. The highest BCUT2D eigenvalue weighted by atomic mass is 32.2. The second kappa shape index (κ2) is 5.76. The molecule has 0 aromatic carbocycles. The predicted octanol–water partition coefficient (Wildman–Crippen LogP) is 0.948. The Kier molecular flexibility index (Phi) is 4.47. The van der Waals surface area contributed by atoms with Gasteiger partial charge >= 0.3 is 5.97 Å². The summed E-state index contributed by atoms with van der Waals surface area (Å²) in [5, 5.41) is 9.30. The summed E-state index contributed by atoms with van der Waals surface area (Å²) in [6, 6.07) is -1.06. The predicted molar refractivity (Wildman–Crippen MR) is 70.8 cm³/mol. The molecule has 2 rings (SSSR count). The van der Waals surface area contributed by atoms with Crippen molar-refractivity contribution < 1.29 is 18.3 Å². The second-order valence-electron chi connectivity index (χ2n) is 5.38. The van der Waals surface area contributed by atoms with Gasteiger partial charge in [0.05, 0.1) is 0 Å². The van der Waals surface area contributed by atoms with Crippen molar-refractivity contribution in [3.05, 3.63) is 0 Å². The number of nitrogens with zero attached hydrogens (tertiary/aromatic N) is 1. The summed E-state index contributed by atoms with van der Waals surface area (Å²) in [4.78, 5) is 11.4. The number of carbonyl (C=O) groups is 1. The van der Waals surface area contributed by atoms with Gasteiger partial charge in [-0.15, -0.1) is 0 Å². The molecule has 2 fully saturated rings. The van der Waals surface area contributed by atoms with Crippen LogP contribution < -0.4 is 4.72 Å². The van der Waals surface area contributed by atoms with E-state index in [1.807, 2.05) is 0 Å². The molecule has 7 heteroatoms. The Morgan fingerprint density at radius 2 is 1.95 bits per heavy atom. The van der Waals surface area contributed by atoms with E-state index in [1.165, 1.54) is 4.31 Å². The Hall–Kier alpha value is -0.660. The van der Waals surface area contributed by atoms with E-state index < -0.39 is 22.2 Å². The largest absolute Gasteiger partial charge is 0.480 e. The lowest BCUT2D eigenvalue weighted by Crippen LogP contribution is -2.59. The summed E-state index contributed by atoms with van der Waals surface area (Å²) >= 11 is 0. The Morgan fingerprint density at radius 1 is 1.26 bits per heavy atom. The van der Waals surface area contributed by atoms with Crippen molar-refractivity contribution in [2.24, 2.45) is 5.92 Å². The lowest BCUT2D eigenvalue weighted by molar-refractivity contribution is -0.144. The molecule has 1 aliphatic carbocycles. The summed E-state index contributed by atoms with van der Waals surface area (Å²) in [5.74, 6) is -0.719. The van der Waals surface area contributed by atoms with Crippen molar-refractivity contribution in [3.8, 4) is 0 Å². The molecule has 0 radical (unpaired) electrons. The minimum Gasteiger partial charge on any atom is -0.480 e. The molecule has 3 unspecified atom stereocenters. The zero-order valence-corrected chi connectivity index (χ0v) is 12.0. The van der Waals surface area contributed by atoms with Crippen LogP contribution in [0, 0.1) is 5.92 Å². The topological polar surface area (TPSA) is 86.7 Å². The van der Waals surface area contributed by atoms with Crippen LogP contribution >= 0.6 is 0 Å². The van der Waals surface area contributed by atoms with E-state index in [1.54, 1.807) is 6.92 Å². The fourth-order valence-corrected chi connectivity index (χ4v) is 5.10. The molecule has 3 atom stereocenters. The van der Waals surface area contributed by atoms with Crippen molar-refractivity contribution in [3.63, 3.8) is 0 Å². The molecule has 19 heavy (non-hydrogen) atoms. The van der Waals surface area contributed by atoms with Gasteiger partial charge in [0.15, 0.2) is 0 Å². The van der Waals surface area contributed by atoms with Crippen LogP contribution in [0.25, 0.3) is 0 Å². The van der Waals surface area contributed by atoms with Crippen LogP contribution in [0.4, 0.5) is 0 Å². The number of carboxylic acid groups (broad SMARTS) is 1. The zero-order valence-electron chi connectivity index (χ0n) is 11.2. The van der Waals surface area contributed by atoms with Gasteiger partial charge in [-0.05, 0) is 31.6 Å². The molecule has 0 amide bonds. The number of hydrogen-bond donors (Lipinski definition) is 2. The first-order valence-electron chi connectivity index (χ1n) is 6.98. The Bertz CT molecular complexity index is 437. The van der Waals surface area contributed by atoms with Crippen molar-refractivity contribution in [1.82, 2.24) is 9.03 Å². The number of piperidine rings is 1. The Balaban J connectivity index is 2.31. The number of nitrogens with one attached hydrogen (secondary N) is 1. The number of hydrogen-bond acceptors (Lipinski definition) is 3. The molecule has 6 nitrogen and oxygen atoms in total. The molecule has 1 aliphatic heterocycles. The van der Waals surface area contributed by atoms with Gasteiger partial charge < -0.3 is 5.11 Å². The van der Waals surface area contributed by atoms with Crippen LogP contribution in [0.1, 0.15) is 45.4 Å². The van der Waals surface area contributed by atoms with Gasteiger partial charge in [-0.25, -0.2) is 4.72 Å². The first kappa shape index (κ1) is 14.7. The van der Waals surface area contributed by atoms with Crippen LogP contribution in [0.15, 0.2) is 0 Å². The molecule has 0 spiro atoms. The summed E-state index contributed by atoms with van der Waals surface area (Å²) in [6.07, 6.45) is 5.12. The van der Waals surface area contributed by atoms with Gasteiger partial charge in [0, 0.05) is 12.6 Å². The molecule has 1 heterocycles. The summed E-state index contributed by atoms with van der Waals surface area (Å²) in [5.41, 5.74) is 0. The van der Waals surface area contributed by atoms with Crippen molar-refractivity contribution in [2.45, 2.75) is 57.5 Å². The van der Waals surface area contributed by atoms with Crippen LogP contribution in [0.3, 0.4) is 0 Å². The molecular weight excluding hydrogens is 268 g/mol. The van der Waals surface area contributed by atoms with Gasteiger partial charge in [-0.1, -0.05) is 19.8 Å². The number of fused-ring (bicyclic) bond motifs is 1. The normalized spacial score (nSPS) is 32.8.